The Morgan fingerprint density at radius 3 is 1.82 bits per heavy atom. The Hall–Kier alpha value is -3.55. The predicted molar refractivity (Wildman–Crippen MR) is 202 cm³/mol. The molecule has 0 bridgehead atoms. The quantitative estimate of drug-likeness (QED) is 0.0690. The number of aldehydes is 1. The average Bonchev–Trinajstić information content (AvgIpc) is 2.99. The van der Waals surface area contributed by atoms with Gasteiger partial charge in [0, 0.05) is 33.0 Å². The molecule has 0 aliphatic heterocycles. The Morgan fingerprint density at radius 2 is 1.41 bits per heavy atom. The van der Waals surface area contributed by atoms with Gasteiger partial charge in [0.1, 0.15) is 36.2 Å². The summed E-state index contributed by atoms with van der Waals surface area (Å²) in [6.07, 6.45) is 2.38. The first-order valence-corrected chi connectivity index (χ1v) is 17.0. The first kappa shape index (κ1) is 54.2. The Kier molecular flexibility index (Phi) is 32.0. The van der Waals surface area contributed by atoms with E-state index in [1.807, 2.05) is 78.8 Å². The highest BCUT2D eigenvalue weighted by Gasteiger charge is 2.25. The number of alkyl carbamates (subject to hydrolysis) is 1. The zero-order valence-electron chi connectivity index (χ0n) is 32.8. The number of carboxylic acid groups (broad SMARTS) is 1. The summed E-state index contributed by atoms with van der Waals surface area (Å²) >= 11 is 0. The van der Waals surface area contributed by atoms with E-state index in [0.29, 0.717) is 45.4 Å². The number of aliphatic hydroxyl groups is 1. The SMILES string of the molecule is C.CC(C)(C)OC(=O)CCCC=O.CC(C)[C@@H](C(=O)O)N(C)CCCNC(=O)OC(C)(C)C.CN[C@H](C(=O)OCc1ccccc1)C(C)C.CO. The van der Waals surface area contributed by atoms with Gasteiger partial charge in [0.2, 0.25) is 0 Å². The van der Waals surface area contributed by atoms with E-state index < -0.39 is 29.3 Å². The van der Waals surface area contributed by atoms with Crippen LogP contribution in [0.25, 0.3) is 0 Å². The van der Waals surface area contributed by atoms with Gasteiger partial charge in [0.05, 0.1) is 0 Å². The molecule has 1 amide bonds. The molecule has 0 spiro atoms. The summed E-state index contributed by atoms with van der Waals surface area (Å²) in [5.41, 5.74) is 0.0833. The largest absolute Gasteiger partial charge is 0.480 e. The number of hydrogen-bond acceptors (Lipinski definition) is 11. The molecular formula is C38H71N3O10. The van der Waals surface area contributed by atoms with E-state index >= 15 is 0 Å². The summed E-state index contributed by atoms with van der Waals surface area (Å²) in [5, 5.41) is 21.8. The number of aliphatic carboxylic acids is 1. The number of unbranched alkanes of at least 4 members (excludes halogenated alkanes) is 1. The van der Waals surface area contributed by atoms with Crippen molar-refractivity contribution in [2.75, 3.05) is 34.3 Å². The number of benzene rings is 1. The van der Waals surface area contributed by atoms with Gasteiger partial charge in [0.15, 0.2) is 0 Å². The van der Waals surface area contributed by atoms with Crippen LogP contribution in [-0.2, 0) is 40.0 Å². The number of carboxylic acids is 1. The maximum Gasteiger partial charge on any atom is 0.407 e. The summed E-state index contributed by atoms with van der Waals surface area (Å²) in [6.45, 7) is 20.0. The van der Waals surface area contributed by atoms with Crippen LogP contribution in [-0.4, -0.2) is 103 Å². The highest BCUT2D eigenvalue weighted by molar-refractivity contribution is 5.76. The van der Waals surface area contributed by atoms with Crippen molar-refractivity contribution < 1.29 is 48.4 Å². The van der Waals surface area contributed by atoms with E-state index in [0.717, 1.165) is 19.0 Å². The third-order valence-corrected chi connectivity index (χ3v) is 6.29. The molecule has 13 nitrogen and oxygen atoms in total. The van der Waals surface area contributed by atoms with Crippen LogP contribution in [0.2, 0.25) is 0 Å². The number of hydrogen-bond donors (Lipinski definition) is 4. The number of esters is 2. The summed E-state index contributed by atoms with van der Waals surface area (Å²) in [6, 6.07) is 8.95. The first-order valence-electron chi connectivity index (χ1n) is 17.0. The number of ether oxygens (including phenoxy) is 3. The van der Waals surface area contributed by atoms with Crippen molar-refractivity contribution >= 4 is 30.3 Å². The number of aliphatic hydroxyl groups excluding tert-OH is 1. The van der Waals surface area contributed by atoms with Crippen molar-refractivity contribution in [1.82, 2.24) is 15.5 Å². The predicted octanol–water partition coefficient (Wildman–Crippen LogP) is 5.86. The lowest BCUT2D eigenvalue weighted by molar-refractivity contribution is -0.155. The van der Waals surface area contributed by atoms with Crippen molar-refractivity contribution in [2.45, 2.75) is 132 Å². The van der Waals surface area contributed by atoms with Crippen molar-refractivity contribution in [3.8, 4) is 0 Å². The van der Waals surface area contributed by atoms with Crippen LogP contribution in [0.5, 0.6) is 0 Å². The van der Waals surface area contributed by atoms with Crippen LogP contribution >= 0.6 is 0 Å². The number of carbonyl (C=O) groups excluding carboxylic acids is 4. The molecule has 1 aromatic carbocycles. The average molecular weight is 730 g/mol. The molecule has 0 saturated carbocycles. The van der Waals surface area contributed by atoms with Crippen LogP contribution in [0.15, 0.2) is 30.3 Å². The van der Waals surface area contributed by atoms with Crippen LogP contribution in [0.3, 0.4) is 0 Å². The minimum absolute atomic E-state index is 0. The number of likely N-dealkylation sites (N-methyl/N-ethyl adjacent to an activating group) is 2. The van der Waals surface area contributed by atoms with Gasteiger partial charge in [-0.2, -0.15) is 0 Å². The molecule has 1 aromatic rings. The number of rotatable bonds is 16. The third-order valence-electron chi connectivity index (χ3n) is 6.29. The number of amides is 1. The van der Waals surface area contributed by atoms with Crippen molar-refractivity contribution in [2.24, 2.45) is 11.8 Å². The third kappa shape index (κ3) is 32.1. The van der Waals surface area contributed by atoms with Crippen LogP contribution in [0.4, 0.5) is 4.79 Å². The highest BCUT2D eigenvalue weighted by Crippen LogP contribution is 2.11. The van der Waals surface area contributed by atoms with Gasteiger partial charge in [-0.15, -0.1) is 0 Å². The second-order valence-electron chi connectivity index (χ2n) is 14.0. The number of nitrogens with one attached hydrogen (secondary N) is 2. The second-order valence-corrected chi connectivity index (χ2v) is 14.0. The Morgan fingerprint density at radius 1 is 0.882 bits per heavy atom. The fourth-order valence-electron chi connectivity index (χ4n) is 4.22. The molecule has 0 aliphatic rings. The van der Waals surface area contributed by atoms with Gasteiger partial charge < -0.3 is 39.9 Å². The van der Waals surface area contributed by atoms with Gasteiger partial charge in [-0.25, -0.2) is 4.79 Å². The van der Waals surface area contributed by atoms with Crippen LogP contribution in [0.1, 0.15) is 108 Å². The molecule has 0 saturated heterocycles. The van der Waals surface area contributed by atoms with Gasteiger partial charge in [-0.05, 0) is 85.9 Å². The number of carbonyl (C=O) groups is 5. The number of nitrogens with zero attached hydrogens (tertiary/aromatic N) is 1. The molecule has 0 radical (unpaired) electrons. The van der Waals surface area contributed by atoms with Gasteiger partial charge >= 0.3 is 24.0 Å². The standard InChI is InChI=1S/C14H28N2O4.C13H19NO2.C9H16O3.CH4O.CH4/c1-10(2)11(12(17)18)16(6)9-7-8-15-13(19)20-14(3,4)5;1-10(2)12(14-3)13(15)16-9-11-7-5-4-6-8-11;1-9(2,3)12-8(11)6-4-5-7-10;1-2;/h10-11H,7-9H2,1-6H3,(H,15,19)(H,17,18);4-8,10,12,14H,9H2,1-3H3;7H,4-6H2,1-3H3;2H,1H3;1H4/t11-;12-;;;/m00.../s1. The van der Waals surface area contributed by atoms with E-state index in [1.165, 1.54) is 0 Å². The van der Waals surface area contributed by atoms with E-state index in [9.17, 15) is 24.0 Å². The summed E-state index contributed by atoms with van der Waals surface area (Å²) in [5.74, 6) is -0.974. The first-order chi connectivity index (χ1) is 23.1. The lowest BCUT2D eigenvalue weighted by Gasteiger charge is -2.27. The summed E-state index contributed by atoms with van der Waals surface area (Å²) in [4.78, 5) is 57.0. The zero-order valence-corrected chi connectivity index (χ0v) is 32.8. The van der Waals surface area contributed by atoms with Crippen LogP contribution in [0, 0.1) is 11.8 Å². The van der Waals surface area contributed by atoms with Crippen molar-refractivity contribution in [3.63, 3.8) is 0 Å². The molecule has 4 N–H and O–H groups in total. The van der Waals surface area contributed by atoms with E-state index in [1.54, 1.807) is 39.8 Å². The molecule has 13 heteroatoms. The fraction of sp³-hybridized carbons (Fsp3) is 0.711. The minimum Gasteiger partial charge on any atom is -0.480 e. The Balaban J connectivity index is -0.000000323. The monoisotopic (exact) mass is 730 g/mol. The van der Waals surface area contributed by atoms with E-state index in [4.69, 9.17) is 24.4 Å². The molecule has 0 aliphatic carbocycles. The molecule has 0 fully saturated rings. The van der Waals surface area contributed by atoms with Gasteiger partial charge in [-0.3, -0.25) is 19.3 Å². The van der Waals surface area contributed by atoms with Crippen molar-refractivity contribution in [3.05, 3.63) is 35.9 Å². The normalized spacial score (nSPS) is 11.9. The zero-order chi connectivity index (χ0) is 39.5. The summed E-state index contributed by atoms with van der Waals surface area (Å²) in [7, 11) is 4.56. The highest BCUT2D eigenvalue weighted by atomic mass is 16.6. The Bertz CT molecular complexity index is 1070. The maximum atomic E-state index is 11.7. The second kappa shape index (κ2) is 30.1. The fourth-order valence-corrected chi connectivity index (χ4v) is 4.22. The summed E-state index contributed by atoms with van der Waals surface area (Å²) < 4.78 is 15.4. The van der Waals surface area contributed by atoms with E-state index in [2.05, 4.69) is 10.6 Å². The minimum atomic E-state index is -0.817. The maximum absolute atomic E-state index is 11.7. The van der Waals surface area contributed by atoms with Gasteiger partial charge in [-0.1, -0.05) is 65.5 Å². The molecule has 0 unspecified atom stereocenters. The van der Waals surface area contributed by atoms with E-state index in [-0.39, 0.29) is 37.2 Å². The molecule has 51 heavy (non-hydrogen) atoms. The van der Waals surface area contributed by atoms with Crippen molar-refractivity contribution in [1.29, 1.82) is 0 Å². The molecule has 0 heterocycles. The molecule has 298 valence electrons. The molecule has 1 rings (SSSR count). The lowest BCUT2D eigenvalue weighted by Crippen LogP contribution is -2.43. The molecular weight excluding hydrogens is 658 g/mol. The smallest absolute Gasteiger partial charge is 0.407 e. The lowest BCUT2D eigenvalue weighted by atomic mass is 10.0. The van der Waals surface area contributed by atoms with Crippen LogP contribution < -0.4 is 10.6 Å². The molecule has 0 aromatic heterocycles. The Labute approximate surface area is 308 Å². The molecule has 2 atom stereocenters. The topological polar surface area (TPSA) is 181 Å². The van der Waals surface area contributed by atoms with Gasteiger partial charge in [0.25, 0.3) is 0 Å².